The number of aromatic hydroxyl groups is 1. The zero-order chi connectivity index (χ0) is 19.3. The Morgan fingerprint density at radius 1 is 0.964 bits per heavy atom. The average Bonchev–Trinajstić information content (AvgIpc) is 2.76. The smallest absolute Gasteiger partial charge is 0.230 e. The third kappa shape index (κ3) is 4.13. The molecule has 2 heterocycles. The van der Waals surface area contributed by atoms with E-state index in [4.69, 9.17) is 0 Å². The lowest BCUT2D eigenvalue weighted by atomic mass is 9.76. The Hall–Kier alpha value is -2.56. The number of carbonyl (C=O) groups excluding carboxylic acids is 1. The second kappa shape index (κ2) is 8.63. The molecule has 1 aliphatic carbocycles. The van der Waals surface area contributed by atoms with Crippen molar-refractivity contribution in [3.8, 4) is 5.75 Å². The molecule has 28 heavy (non-hydrogen) atoms. The molecular formula is C23H29N3O2. The first kappa shape index (κ1) is 18.8. The van der Waals surface area contributed by atoms with E-state index in [1.54, 1.807) is 6.07 Å². The highest BCUT2D eigenvalue weighted by molar-refractivity contribution is 5.84. The van der Waals surface area contributed by atoms with Gasteiger partial charge in [-0.25, -0.2) is 4.98 Å². The summed E-state index contributed by atoms with van der Waals surface area (Å²) in [5.74, 6) is 1.77. The van der Waals surface area contributed by atoms with Crippen LogP contribution in [0, 0.1) is 5.92 Å². The average molecular weight is 380 g/mol. The quantitative estimate of drug-likeness (QED) is 0.878. The highest BCUT2D eigenvalue weighted by Gasteiger charge is 2.35. The number of anilines is 1. The number of pyridine rings is 1. The molecular weight excluding hydrogens is 350 g/mol. The molecule has 1 amide bonds. The second-order valence-corrected chi connectivity index (χ2v) is 7.97. The number of carbonyl (C=O) groups is 1. The lowest BCUT2D eigenvalue weighted by molar-refractivity contribution is -0.134. The normalized spacial score (nSPS) is 19.4. The van der Waals surface area contributed by atoms with Crippen LogP contribution in [0.4, 0.5) is 5.82 Å². The lowest BCUT2D eigenvalue weighted by Gasteiger charge is -2.39. The van der Waals surface area contributed by atoms with Crippen LogP contribution >= 0.6 is 0 Å². The molecule has 1 aliphatic heterocycles. The molecule has 5 nitrogen and oxygen atoms in total. The summed E-state index contributed by atoms with van der Waals surface area (Å²) in [5, 5.41) is 9.43. The van der Waals surface area contributed by atoms with Gasteiger partial charge in [0.2, 0.25) is 5.91 Å². The van der Waals surface area contributed by atoms with Gasteiger partial charge < -0.3 is 14.9 Å². The molecule has 2 aliphatic rings. The van der Waals surface area contributed by atoms with Crippen LogP contribution in [0.1, 0.15) is 43.6 Å². The number of hydrogen-bond donors (Lipinski definition) is 1. The number of nitrogens with zero attached hydrogens (tertiary/aromatic N) is 3. The summed E-state index contributed by atoms with van der Waals surface area (Å²) in [5.41, 5.74) is 1.17. The van der Waals surface area contributed by atoms with Gasteiger partial charge in [-0.15, -0.1) is 0 Å². The molecule has 5 heteroatoms. The zero-order valence-electron chi connectivity index (χ0n) is 16.3. The summed E-state index contributed by atoms with van der Waals surface area (Å²) in [4.78, 5) is 22.1. The van der Waals surface area contributed by atoms with Crippen molar-refractivity contribution in [3.63, 3.8) is 0 Å². The molecule has 1 aromatic heterocycles. The Morgan fingerprint density at radius 2 is 1.68 bits per heavy atom. The Kier molecular flexibility index (Phi) is 5.79. The first-order valence-corrected chi connectivity index (χ1v) is 10.5. The summed E-state index contributed by atoms with van der Waals surface area (Å²) in [7, 11) is 0. The fourth-order valence-electron chi connectivity index (χ4n) is 4.66. The van der Waals surface area contributed by atoms with E-state index in [-0.39, 0.29) is 17.6 Å². The molecule has 4 rings (SSSR count). The van der Waals surface area contributed by atoms with Crippen molar-refractivity contribution in [2.45, 2.75) is 38.0 Å². The summed E-state index contributed by atoms with van der Waals surface area (Å²) in [6.07, 6.45) is 7.56. The number of hydrogen-bond acceptors (Lipinski definition) is 4. The fraction of sp³-hybridized carbons (Fsp3) is 0.478. The Bertz CT molecular complexity index is 764. The summed E-state index contributed by atoms with van der Waals surface area (Å²) in [6.45, 7) is 2.99. The van der Waals surface area contributed by atoms with E-state index in [1.807, 2.05) is 29.2 Å². The van der Waals surface area contributed by atoms with Gasteiger partial charge in [-0.1, -0.05) is 49.6 Å². The summed E-state index contributed by atoms with van der Waals surface area (Å²) >= 11 is 0. The number of amides is 1. The number of rotatable bonds is 4. The Balaban J connectivity index is 1.46. The van der Waals surface area contributed by atoms with Gasteiger partial charge in [0.05, 0.1) is 12.1 Å². The van der Waals surface area contributed by atoms with E-state index in [2.05, 4.69) is 22.0 Å². The van der Waals surface area contributed by atoms with Crippen LogP contribution in [-0.4, -0.2) is 47.1 Å². The molecule has 1 aromatic carbocycles. The van der Waals surface area contributed by atoms with E-state index in [0.717, 1.165) is 44.8 Å². The molecule has 1 atom stereocenters. The maximum absolute atomic E-state index is 13.5. The molecule has 0 spiro atoms. The van der Waals surface area contributed by atoms with Crippen LogP contribution in [0.5, 0.6) is 5.75 Å². The molecule has 0 bridgehead atoms. The van der Waals surface area contributed by atoms with Gasteiger partial charge in [-0.2, -0.15) is 0 Å². The number of piperazine rings is 1. The molecule has 0 radical (unpaired) electrons. The molecule has 2 aromatic rings. The topological polar surface area (TPSA) is 56.7 Å². The standard InChI is InChI=1S/C23H29N3O2/c27-20-11-12-21(24-17-20)25-13-15-26(16-14-25)23(28)22(18-7-3-1-4-8-18)19-9-5-2-6-10-19/h1,3-4,7-8,11-12,17,19,22,27H,2,5-6,9-10,13-16H2. The van der Waals surface area contributed by atoms with E-state index < -0.39 is 0 Å². The van der Waals surface area contributed by atoms with Crippen LogP contribution in [0.3, 0.4) is 0 Å². The van der Waals surface area contributed by atoms with Crippen molar-refractivity contribution >= 4 is 11.7 Å². The summed E-state index contributed by atoms with van der Waals surface area (Å²) < 4.78 is 0. The minimum absolute atomic E-state index is 0.0140. The predicted octanol–water partition coefficient (Wildman–Crippen LogP) is 3.80. The lowest BCUT2D eigenvalue weighted by Crippen LogP contribution is -2.51. The molecule has 148 valence electrons. The number of aromatic nitrogens is 1. The van der Waals surface area contributed by atoms with Crippen molar-refractivity contribution in [1.82, 2.24) is 9.88 Å². The molecule has 1 saturated heterocycles. The SMILES string of the molecule is O=C(C(c1ccccc1)C1CCCCC1)N1CCN(c2ccc(O)cn2)CC1. The van der Waals surface area contributed by atoms with E-state index in [9.17, 15) is 9.90 Å². The van der Waals surface area contributed by atoms with Crippen LogP contribution in [-0.2, 0) is 4.79 Å². The monoisotopic (exact) mass is 379 g/mol. The molecule has 1 saturated carbocycles. The van der Waals surface area contributed by atoms with Crippen molar-refractivity contribution in [2.24, 2.45) is 5.92 Å². The first-order chi connectivity index (χ1) is 13.7. The van der Waals surface area contributed by atoms with Crippen LogP contribution in [0.15, 0.2) is 48.7 Å². The Morgan fingerprint density at radius 3 is 2.32 bits per heavy atom. The van der Waals surface area contributed by atoms with Crippen molar-refractivity contribution in [1.29, 1.82) is 0 Å². The van der Waals surface area contributed by atoms with Gasteiger partial charge in [-0.05, 0) is 36.5 Å². The maximum Gasteiger partial charge on any atom is 0.230 e. The van der Waals surface area contributed by atoms with Crippen LogP contribution < -0.4 is 4.90 Å². The molecule has 2 fully saturated rings. The molecule has 1 N–H and O–H groups in total. The second-order valence-electron chi connectivity index (χ2n) is 7.97. The van der Waals surface area contributed by atoms with Gasteiger partial charge >= 0.3 is 0 Å². The van der Waals surface area contributed by atoms with Gasteiger partial charge in [0.1, 0.15) is 11.6 Å². The van der Waals surface area contributed by atoms with Gasteiger partial charge in [-0.3, -0.25) is 4.79 Å². The maximum atomic E-state index is 13.5. The van der Waals surface area contributed by atoms with Crippen LogP contribution in [0.2, 0.25) is 0 Å². The third-order valence-corrected chi connectivity index (χ3v) is 6.19. The van der Waals surface area contributed by atoms with E-state index in [1.165, 1.54) is 31.0 Å². The molecule has 1 unspecified atom stereocenters. The highest BCUT2D eigenvalue weighted by atomic mass is 16.3. The minimum atomic E-state index is -0.0140. The largest absolute Gasteiger partial charge is 0.506 e. The van der Waals surface area contributed by atoms with Crippen molar-refractivity contribution < 1.29 is 9.90 Å². The van der Waals surface area contributed by atoms with Crippen LogP contribution in [0.25, 0.3) is 0 Å². The highest BCUT2D eigenvalue weighted by Crippen LogP contribution is 2.37. The minimum Gasteiger partial charge on any atom is -0.506 e. The Labute approximate surface area is 167 Å². The summed E-state index contributed by atoms with van der Waals surface area (Å²) in [6, 6.07) is 13.9. The van der Waals surface area contributed by atoms with E-state index in [0.29, 0.717) is 5.92 Å². The van der Waals surface area contributed by atoms with Crippen molar-refractivity contribution in [2.75, 3.05) is 31.1 Å². The number of benzene rings is 1. The van der Waals surface area contributed by atoms with Crippen molar-refractivity contribution in [3.05, 3.63) is 54.2 Å². The first-order valence-electron chi connectivity index (χ1n) is 10.5. The zero-order valence-corrected chi connectivity index (χ0v) is 16.3. The predicted molar refractivity (Wildman–Crippen MR) is 110 cm³/mol. The third-order valence-electron chi connectivity index (χ3n) is 6.19. The van der Waals surface area contributed by atoms with E-state index >= 15 is 0 Å². The van der Waals surface area contributed by atoms with Gasteiger partial charge in [0, 0.05) is 26.2 Å². The van der Waals surface area contributed by atoms with Gasteiger partial charge in [0.15, 0.2) is 0 Å². The fourth-order valence-corrected chi connectivity index (χ4v) is 4.66. The van der Waals surface area contributed by atoms with Gasteiger partial charge in [0.25, 0.3) is 0 Å².